The predicted octanol–water partition coefficient (Wildman–Crippen LogP) is 3.92. The number of sulfonamides is 1. The number of Topliss-reactive ketones (excluding diaryl/α,β-unsaturated/α-hetero) is 1. The molecule has 4 N–H and O–H groups in total. The standard InChI is InChI=1S/C38H62N6O7S2/c1-10-17-39-34(47)31(45)26(19-23-14-13-15-23)40-33(46)30-25(12-3)24(11-2)20-44(30)35(48)32(38(7,8)9)42-36(49)41-29(37(4,5)6)22-43-21-27-28(16-18-52-27)53(43,50)51/h10,23-26,29-30,32H,1,11-22H2,2-9H3,(H,39,47)(H,40,46)(H2,41,42,49)/t24-,25-,26?,29+,30-,32+/m0/s1. The zero-order chi connectivity index (χ0) is 39.5. The largest absolute Gasteiger partial charge is 0.346 e. The minimum absolute atomic E-state index is 0.00639. The Morgan fingerprint density at radius 1 is 0.981 bits per heavy atom. The van der Waals surface area contributed by atoms with Crippen molar-refractivity contribution in [2.45, 2.75) is 125 Å². The van der Waals surface area contributed by atoms with Crippen molar-refractivity contribution in [1.29, 1.82) is 0 Å². The Morgan fingerprint density at radius 3 is 2.19 bits per heavy atom. The van der Waals surface area contributed by atoms with Crippen LogP contribution in [0.5, 0.6) is 0 Å². The highest BCUT2D eigenvalue weighted by Crippen LogP contribution is 2.42. The van der Waals surface area contributed by atoms with Crippen LogP contribution in [0.15, 0.2) is 22.5 Å². The zero-order valence-corrected chi connectivity index (χ0v) is 34.5. The molecule has 0 aromatic rings. The highest BCUT2D eigenvalue weighted by atomic mass is 32.2. The summed E-state index contributed by atoms with van der Waals surface area (Å²) >= 11 is 1.56. The van der Waals surface area contributed by atoms with Gasteiger partial charge < -0.3 is 26.2 Å². The van der Waals surface area contributed by atoms with Gasteiger partial charge in [0.15, 0.2) is 0 Å². The molecule has 15 heteroatoms. The highest BCUT2D eigenvalue weighted by molar-refractivity contribution is 8.05. The lowest BCUT2D eigenvalue weighted by molar-refractivity contribution is -0.144. The van der Waals surface area contributed by atoms with E-state index in [9.17, 15) is 32.4 Å². The lowest BCUT2D eigenvalue weighted by Gasteiger charge is -2.38. The fourth-order valence-corrected chi connectivity index (χ4v) is 11.3. The van der Waals surface area contributed by atoms with E-state index < -0.39 is 74.6 Å². The molecule has 0 aromatic carbocycles. The minimum atomic E-state index is -3.61. The fourth-order valence-electron chi connectivity index (χ4n) is 7.84. The Hall–Kier alpha value is -2.91. The summed E-state index contributed by atoms with van der Waals surface area (Å²) in [6.07, 6.45) is 6.53. The Labute approximate surface area is 320 Å². The summed E-state index contributed by atoms with van der Waals surface area (Å²) in [6.45, 7) is 19.7. The van der Waals surface area contributed by atoms with Crippen molar-refractivity contribution in [2.24, 2.45) is 28.6 Å². The molecule has 1 saturated heterocycles. The van der Waals surface area contributed by atoms with E-state index in [0.29, 0.717) is 37.3 Å². The van der Waals surface area contributed by atoms with E-state index >= 15 is 0 Å². The van der Waals surface area contributed by atoms with Gasteiger partial charge in [0.05, 0.1) is 10.9 Å². The van der Waals surface area contributed by atoms with Crippen molar-refractivity contribution in [1.82, 2.24) is 30.5 Å². The van der Waals surface area contributed by atoms with Crippen molar-refractivity contribution >= 4 is 51.3 Å². The second-order valence-corrected chi connectivity index (χ2v) is 20.4. The highest BCUT2D eigenvalue weighted by Gasteiger charge is 2.50. The van der Waals surface area contributed by atoms with E-state index in [0.717, 1.165) is 36.3 Å². The molecule has 298 valence electrons. The molecule has 4 aliphatic rings. The third-order valence-electron chi connectivity index (χ3n) is 11.4. The third-order valence-corrected chi connectivity index (χ3v) is 14.7. The number of ketones is 1. The summed E-state index contributed by atoms with van der Waals surface area (Å²) in [4.78, 5) is 71.8. The van der Waals surface area contributed by atoms with E-state index in [-0.39, 0.29) is 30.8 Å². The Balaban J connectivity index is 1.55. The first-order valence-electron chi connectivity index (χ1n) is 19.2. The molecule has 3 aliphatic heterocycles. The molecule has 13 nitrogen and oxygen atoms in total. The van der Waals surface area contributed by atoms with Gasteiger partial charge in [-0.05, 0) is 41.4 Å². The van der Waals surface area contributed by atoms with Gasteiger partial charge in [-0.2, -0.15) is 4.31 Å². The number of nitrogens with one attached hydrogen (secondary N) is 4. The lowest BCUT2D eigenvalue weighted by Crippen LogP contribution is -2.62. The number of likely N-dealkylation sites (tertiary alicyclic amines) is 1. The van der Waals surface area contributed by atoms with Gasteiger partial charge in [-0.3, -0.25) is 19.2 Å². The van der Waals surface area contributed by atoms with Crippen LogP contribution in [-0.2, 0) is 29.2 Å². The van der Waals surface area contributed by atoms with Gasteiger partial charge in [-0.1, -0.05) is 93.6 Å². The van der Waals surface area contributed by atoms with Crippen molar-refractivity contribution in [2.75, 3.05) is 31.9 Å². The van der Waals surface area contributed by atoms with Crippen LogP contribution in [0.4, 0.5) is 4.79 Å². The molecule has 5 amide bonds. The van der Waals surface area contributed by atoms with Gasteiger partial charge >= 0.3 is 6.03 Å². The molecule has 1 unspecified atom stereocenters. The Morgan fingerprint density at radius 2 is 1.66 bits per heavy atom. The number of carbonyl (C=O) groups excluding carboxylic acids is 5. The van der Waals surface area contributed by atoms with Crippen molar-refractivity contribution in [3.8, 4) is 0 Å². The molecular formula is C38H62N6O7S2. The number of allylic oxidation sites excluding steroid dienone is 1. The average Bonchev–Trinajstić information content (AvgIpc) is 3.75. The van der Waals surface area contributed by atoms with Crippen LogP contribution in [0.3, 0.4) is 0 Å². The molecule has 2 fully saturated rings. The summed E-state index contributed by atoms with van der Waals surface area (Å²) in [6, 6.07) is -4.17. The van der Waals surface area contributed by atoms with Crippen LogP contribution in [0.25, 0.3) is 0 Å². The third kappa shape index (κ3) is 9.86. The van der Waals surface area contributed by atoms with E-state index in [1.165, 1.54) is 10.4 Å². The number of urea groups is 1. The second kappa shape index (κ2) is 17.3. The first-order valence-corrected chi connectivity index (χ1v) is 21.6. The number of hydrogen-bond donors (Lipinski definition) is 4. The molecule has 4 rings (SSSR count). The molecule has 1 aliphatic carbocycles. The van der Waals surface area contributed by atoms with E-state index in [2.05, 4.69) is 27.8 Å². The zero-order valence-electron chi connectivity index (χ0n) is 32.9. The maximum absolute atomic E-state index is 14.7. The summed E-state index contributed by atoms with van der Waals surface area (Å²) < 4.78 is 28.0. The predicted molar refractivity (Wildman–Crippen MR) is 208 cm³/mol. The first-order chi connectivity index (χ1) is 24.7. The van der Waals surface area contributed by atoms with Gasteiger partial charge in [-0.15, -0.1) is 18.3 Å². The van der Waals surface area contributed by atoms with E-state index in [1.54, 1.807) is 16.7 Å². The molecule has 6 atom stereocenters. The quantitative estimate of drug-likeness (QED) is 0.143. The van der Waals surface area contributed by atoms with Crippen molar-refractivity contribution in [3.63, 3.8) is 0 Å². The van der Waals surface area contributed by atoms with Crippen LogP contribution in [-0.4, -0.2) is 103 Å². The second-order valence-electron chi connectivity index (χ2n) is 17.2. The molecular weight excluding hydrogens is 717 g/mol. The Bertz CT molecular complexity index is 1560. The molecule has 1 saturated carbocycles. The summed E-state index contributed by atoms with van der Waals surface area (Å²) in [5, 5.41) is 11.3. The molecule has 0 spiro atoms. The molecule has 0 radical (unpaired) electrons. The van der Waals surface area contributed by atoms with Gasteiger partial charge in [-0.25, -0.2) is 13.2 Å². The van der Waals surface area contributed by atoms with E-state index in [1.807, 2.05) is 55.4 Å². The number of rotatable bonds is 15. The molecule has 53 heavy (non-hydrogen) atoms. The van der Waals surface area contributed by atoms with Crippen molar-refractivity contribution < 1.29 is 32.4 Å². The average molecular weight is 779 g/mol. The van der Waals surface area contributed by atoms with Gasteiger partial charge in [0.1, 0.15) is 12.1 Å². The maximum atomic E-state index is 14.7. The van der Waals surface area contributed by atoms with Gasteiger partial charge in [0, 0.05) is 42.9 Å². The van der Waals surface area contributed by atoms with Gasteiger partial charge in [0.25, 0.3) is 5.91 Å². The van der Waals surface area contributed by atoms with Crippen LogP contribution < -0.4 is 21.3 Å². The van der Waals surface area contributed by atoms with Crippen molar-refractivity contribution in [3.05, 3.63) is 22.5 Å². The number of thioether (sulfide) groups is 1. The molecule has 3 heterocycles. The topological polar surface area (TPSA) is 174 Å². The van der Waals surface area contributed by atoms with Crippen LogP contribution in [0.1, 0.15) is 100 Å². The first kappa shape index (κ1) is 42.8. The number of hydrogen-bond acceptors (Lipinski definition) is 8. The van der Waals surface area contributed by atoms with Crippen LogP contribution in [0.2, 0.25) is 0 Å². The normalized spacial score (nSPS) is 24.8. The number of carbonyl (C=O) groups is 5. The molecule has 0 bridgehead atoms. The van der Waals surface area contributed by atoms with Crippen LogP contribution >= 0.6 is 11.8 Å². The lowest BCUT2D eigenvalue weighted by atomic mass is 9.79. The minimum Gasteiger partial charge on any atom is -0.346 e. The summed E-state index contributed by atoms with van der Waals surface area (Å²) in [5.41, 5.74) is -1.30. The summed E-state index contributed by atoms with van der Waals surface area (Å²) in [5.74, 6) is -1.62. The van der Waals surface area contributed by atoms with Crippen LogP contribution in [0, 0.1) is 28.6 Å². The number of nitrogens with zero attached hydrogens (tertiary/aromatic N) is 2. The SMILES string of the molecule is C=CCNC(=O)C(=O)C(CC1CCC1)NC(=O)[C@@H]1[C@@H](CC)[C@@H](CC)CN1C(=O)[C@@H](NC(=O)N[C@H](CN1CC2=C(CCS2)S1(=O)=O)C(C)(C)C)C(C)(C)C. The molecule has 0 aromatic heterocycles. The van der Waals surface area contributed by atoms with E-state index in [4.69, 9.17) is 0 Å². The maximum Gasteiger partial charge on any atom is 0.315 e. The summed E-state index contributed by atoms with van der Waals surface area (Å²) in [7, 11) is -3.61. The number of amides is 5. The Kier molecular flexibility index (Phi) is 14.0. The monoisotopic (exact) mass is 778 g/mol. The fraction of sp³-hybridized carbons (Fsp3) is 0.763. The van der Waals surface area contributed by atoms with Gasteiger partial charge in [0.2, 0.25) is 27.6 Å². The smallest absolute Gasteiger partial charge is 0.315 e.